The minimum atomic E-state index is 0.300. The van der Waals surface area contributed by atoms with E-state index in [0.717, 1.165) is 25.3 Å². The maximum atomic E-state index is 4.45. The van der Waals surface area contributed by atoms with Crippen LogP contribution in [-0.2, 0) is 6.54 Å². The van der Waals surface area contributed by atoms with Crippen molar-refractivity contribution in [2.75, 3.05) is 6.54 Å². The number of nitrogens with zero attached hydrogens (tertiary/aromatic N) is 3. The lowest BCUT2D eigenvalue weighted by Crippen LogP contribution is -2.32. The van der Waals surface area contributed by atoms with Crippen LogP contribution in [0, 0.1) is 11.8 Å². The molecule has 0 aromatic carbocycles. The molecule has 0 saturated carbocycles. The molecule has 1 aromatic heterocycles. The van der Waals surface area contributed by atoms with Crippen LogP contribution in [0.25, 0.3) is 0 Å². The Labute approximate surface area is 105 Å². The van der Waals surface area contributed by atoms with E-state index in [-0.39, 0.29) is 0 Å². The zero-order valence-electron chi connectivity index (χ0n) is 11.8. The molecule has 0 aliphatic rings. The van der Waals surface area contributed by atoms with Crippen LogP contribution in [0.5, 0.6) is 0 Å². The van der Waals surface area contributed by atoms with Crippen molar-refractivity contribution >= 4 is 0 Å². The van der Waals surface area contributed by atoms with E-state index in [9.17, 15) is 0 Å². The lowest BCUT2D eigenvalue weighted by molar-refractivity contribution is 0.287. The SMILES string of the molecule is CCCn1ncnc1C(NCC)C(C)C(C)C. The largest absolute Gasteiger partial charge is 0.307 e. The van der Waals surface area contributed by atoms with Gasteiger partial charge in [0.05, 0.1) is 6.04 Å². The predicted molar refractivity (Wildman–Crippen MR) is 70.7 cm³/mol. The monoisotopic (exact) mass is 238 g/mol. The van der Waals surface area contributed by atoms with Gasteiger partial charge in [-0.15, -0.1) is 0 Å². The Balaban J connectivity index is 2.92. The Morgan fingerprint density at radius 3 is 2.53 bits per heavy atom. The molecule has 4 nitrogen and oxygen atoms in total. The van der Waals surface area contributed by atoms with Crippen molar-refractivity contribution in [3.05, 3.63) is 12.2 Å². The van der Waals surface area contributed by atoms with E-state index >= 15 is 0 Å². The smallest absolute Gasteiger partial charge is 0.144 e. The first-order valence-corrected chi connectivity index (χ1v) is 6.72. The number of nitrogens with one attached hydrogen (secondary N) is 1. The molecule has 1 rings (SSSR count). The summed E-state index contributed by atoms with van der Waals surface area (Å²) in [6.07, 6.45) is 2.76. The summed E-state index contributed by atoms with van der Waals surface area (Å²) in [6.45, 7) is 13.0. The van der Waals surface area contributed by atoms with Gasteiger partial charge in [-0.05, 0) is 24.8 Å². The molecule has 0 spiro atoms. The molecule has 2 unspecified atom stereocenters. The second kappa shape index (κ2) is 6.74. The Morgan fingerprint density at radius 1 is 1.29 bits per heavy atom. The molecule has 98 valence electrons. The fourth-order valence-electron chi connectivity index (χ4n) is 2.02. The minimum absolute atomic E-state index is 0.300. The Bertz CT molecular complexity index is 319. The first-order chi connectivity index (χ1) is 8.11. The van der Waals surface area contributed by atoms with Crippen LogP contribution in [0.15, 0.2) is 6.33 Å². The van der Waals surface area contributed by atoms with E-state index < -0.39 is 0 Å². The van der Waals surface area contributed by atoms with Crippen LogP contribution in [0.2, 0.25) is 0 Å². The van der Waals surface area contributed by atoms with Crippen LogP contribution < -0.4 is 5.32 Å². The van der Waals surface area contributed by atoms with Gasteiger partial charge in [0, 0.05) is 6.54 Å². The topological polar surface area (TPSA) is 42.7 Å². The molecule has 4 heteroatoms. The van der Waals surface area contributed by atoms with Crippen molar-refractivity contribution in [1.29, 1.82) is 0 Å². The zero-order chi connectivity index (χ0) is 12.8. The molecule has 0 amide bonds. The van der Waals surface area contributed by atoms with Gasteiger partial charge in [-0.1, -0.05) is 34.6 Å². The summed E-state index contributed by atoms with van der Waals surface area (Å²) in [5, 5.41) is 7.86. The average molecular weight is 238 g/mol. The van der Waals surface area contributed by atoms with Crippen LogP contribution in [0.1, 0.15) is 52.9 Å². The molecule has 0 saturated heterocycles. The molecule has 2 atom stereocenters. The van der Waals surface area contributed by atoms with Gasteiger partial charge in [-0.25, -0.2) is 9.67 Å². The Hall–Kier alpha value is -0.900. The molecule has 17 heavy (non-hydrogen) atoms. The highest BCUT2D eigenvalue weighted by Gasteiger charge is 2.25. The van der Waals surface area contributed by atoms with Gasteiger partial charge in [0.1, 0.15) is 12.2 Å². The molecule has 1 heterocycles. The van der Waals surface area contributed by atoms with Gasteiger partial charge >= 0.3 is 0 Å². The molecule has 0 aliphatic carbocycles. The number of aryl methyl sites for hydroxylation is 1. The summed E-state index contributed by atoms with van der Waals surface area (Å²) in [4.78, 5) is 4.45. The molecule has 1 N–H and O–H groups in total. The van der Waals surface area contributed by atoms with Gasteiger partial charge in [-0.2, -0.15) is 5.10 Å². The van der Waals surface area contributed by atoms with Crippen LogP contribution >= 0.6 is 0 Å². The van der Waals surface area contributed by atoms with E-state index in [1.165, 1.54) is 0 Å². The van der Waals surface area contributed by atoms with E-state index in [1.807, 2.05) is 4.68 Å². The minimum Gasteiger partial charge on any atom is -0.307 e. The molecule has 1 aromatic rings. The third-order valence-electron chi connectivity index (χ3n) is 3.36. The summed E-state index contributed by atoms with van der Waals surface area (Å²) in [5.74, 6) is 2.26. The van der Waals surface area contributed by atoms with Gasteiger partial charge < -0.3 is 5.32 Å². The lowest BCUT2D eigenvalue weighted by Gasteiger charge is -2.27. The molecule has 0 bridgehead atoms. The van der Waals surface area contributed by atoms with E-state index in [1.54, 1.807) is 6.33 Å². The predicted octanol–water partition coefficient (Wildman–Crippen LogP) is 2.63. The van der Waals surface area contributed by atoms with E-state index in [0.29, 0.717) is 17.9 Å². The van der Waals surface area contributed by atoms with Gasteiger partial charge in [0.2, 0.25) is 0 Å². The van der Waals surface area contributed by atoms with E-state index in [2.05, 4.69) is 50.0 Å². The van der Waals surface area contributed by atoms with Crippen LogP contribution in [0.3, 0.4) is 0 Å². The standard InChI is InChI=1S/C13H26N4/c1-6-8-17-13(15-9-16-17)12(14-7-2)11(5)10(3)4/h9-12,14H,6-8H2,1-5H3. The van der Waals surface area contributed by atoms with Crippen molar-refractivity contribution in [1.82, 2.24) is 20.1 Å². The van der Waals surface area contributed by atoms with Crippen molar-refractivity contribution in [2.45, 2.75) is 53.6 Å². The lowest BCUT2D eigenvalue weighted by atomic mass is 9.89. The number of hydrogen-bond donors (Lipinski definition) is 1. The maximum absolute atomic E-state index is 4.45. The highest BCUT2D eigenvalue weighted by Crippen LogP contribution is 2.26. The molecule has 0 radical (unpaired) electrons. The molecular weight excluding hydrogens is 212 g/mol. The summed E-state index contributed by atoms with van der Waals surface area (Å²) >= 11 is 0. The highest BCUT2D eigenvalue weighted by atomic mass is 15.3. The molecule has 0 aliphatic heterocycles. The zero-order valence-corrected chi connectivity index (χ0v) is 11.8. The highest BCUT2D eigenvalue weighted by molar-refractivity contribution is 4.97. The van der Waals surface area contributed by atoms with Gasteiger partial charge in [0.25, 0.3) is 0 Å². The summed E-state index contributed by atoms with van der Waals surface area (Å²) in [5.41, 5.74) is 0. The molecule has 0 fully saturated rings. The van der Waals surface area contributed by atoms with Gasteiger partial charge in [0.15, 0.2) is 0 Å². The van der Waals surface area contributed by atoms with Crippen molar-refractivity contribution in [3.63, 3.8) is 0 Å². The molecular formula is C13H26N4. The van der Waals surface area contributed by atoms with E-state index in [4.69, 9.17) is 0 Å². The quantitative estimate of drug-likeness (QED) is 0.794. The summed E-state index contributed by atoms with van der Waals surface area (Å²) < 4.78 is 2.03. The fraction of sp³-hybridized carbons (Fsp3) is 0.846. The normalized spacial score (nSPS) is 15.2. The van der Waals surface area contributed by atoms with Gasteiger partial charge in [-0.3, -0.25) is 0 Å². The van der Waals surface area contributed by atoms with Crippen molar-refractivity contribution in [3.8, 4) is 0 Å². The number of aromatic nitrogens is 3. The second-order valence-electron chi connectivity index (χ2n) is 4.98. The van der Waals surface area contributed by atoms with Crippen molar-refractivity contribution in [2.24, 2.45) is 11.8 Å². The van der Waals surface area contributed by atoms with Crippen molar-refractivity contribution < 1.29 is 0 Å². The van der Waals surface area contributed by atoms with Crippen LogP contribution in [0.4, 0.5) is 0 Å². The number of hydrogen-bond acceptors (Lipinski definition) is 3. The summed E-state index contributed by atoms with van der Waals surface area (Å²) in [7, 11) is 0. The maximum Gasteiger partial charge on any atom is 0.144 e. The fourth-order valence-corrected chi connectivity index (χ4v) is 2.02. The third-order valence-corrected chi connectivity index (χ3v) is 3.36. The Kier molecular flexibility index (Phi) is 5.62. The van der Waals surface area contributed by atoms with Crippen LogP contribution in [-0.4, -0.2) is 21.3 Å². The average Bonchev–Trinajstić information content (AvgIpc) is 2.73. The first-order valence-electron chi connectivity index (χ1n) is 6.72. The third kappa shape index (κ3) is 3.53. The first kappa shape index (κ1) is 14.2. The Morgan fingerprint density at radius 2 is 2.00 bits per heavy atom. The summed E-state index contributed by atoms with van der Waals surface area (Å²) in [6, 6.07) is 0.300. The number of rotatable bonds is 7. The second-order valence-corrected chi connectivity index (χ2v) is 4.98.